The van der Waals surface area contributed by atoms with Gasteiger partial charge in [-0.25, -0.2) is 14.5 Å². The first-order valence-corrected chi connectivity index (χ1v) is 6.48. The van der Waals surface area contributed by atoms with E-state index < -0.39 is 12.1 Å². The minimum Gasteiger partial charge on any atom is -0.432 e. The van der Waals surface area contributed by atoms with Crippen LogP contribution in [0.2, 0.25) is 0 Å². The van der Waals surface area contributed by atoms with E-state index in [1.165, 1.54) is 0 Å². The van der Waals surface area contributed by atoms with Crippen molar-refractivity contribution in [2.45, 2.75) is 33.1 Å². The maximum atomic E-state index is 11.5. The van der Waals surface area contributed by atoms with Crippen molar-refractivity contribution < 1.29 is 29.1 Å². The molecule has 0 aromatic heterocycles. The summed E-state index contributed by atoms with van der Waals surface area (Å²) in [5, 5.41) is 4.06. The largest absolute Gasteiger partial charge is 0.543 e. The number of hydrogen-bond donors (Lipinski definition) is 0. The SMILES string of the molecule is CCCOC(=O)OOOC(=O)c1ccc(CCC)cc1. The van der Waals surface area contributed by atoms with Crippen molar-refractivity contribution in [2.24, 2.45) is 0 Å². The fraction of sp³-hybridized carbons (Fsp3) is 0.429. The molecule has 0 saturated carbocycles. The predicted molar refractivity (Wildman–Crippen MR) is 69.7 cm³/mol. The van der Waals surface area contributed by atoms with E-state index in [-0.39, 0.29) is 6.61 Å². The van der Waals surface area contributed by atoms with Gasteiger partial charge >= 0.3 is 12.1 Å². The molecule has 0 aliphatic heterocycles. The maximum absolute atomic E-state index is 11.5. The van der Waals surface area contributed by atoms with E-state index in [1.54, 1.807) is 12.1 Å². The van der Waals surface area contributed by atoms with Crippen molar-refractivity contribution in [1.29, 1.82) is 0 Å². The highest BCUT2D eigenvalue weighted by atomic mass is 17.5. The molecule has 0 N–H and O–H groups in total. The molecule has 0 atom stereocenters. The third kappa shape index (κ3) is 5.71. The van der Waals surface area contributed by atoms with Crippen LogP contribution in [0.1, 0.15) is 42.6 Å². The fourth-order valence-electron chi connectivity index (χ4n) is 1.43. The van der Waals surface area contributed by atoms with Gasteiger partial charge in [0, 0.05) is 0 Å². The molecule has 1 aromatic carbocycles. The smallest absolute Gasteiger partial charge is 0.432 e. The molecule has 0 aliphatic rings. The standard InChI is InChI=1S/C14H18O6/c1-3-5-11-6-8-12(9-7-11)13(15)18-20-19-14(16)17-10-4-2/h6-9H,3-5,10H2,1-2H3. The highest BCUT2D eigenvalue weighted by molar-refractivity contribution is 5.88. The van der Waals surface area contributed by atoms with Gasteiger partial charge in [-0.2, -0.15) is 0 Å². The van der Waals surface area contributed by atoms with E-state index in [0.717, 1.165) is 18.4 Å². The first-order valence-electron chi connectivity index (χ1n) is 6.48. The summed E-state index contributed by atoms with van der Waals surface area (Å²) in [6.45, 7) is 4.11. The zero-order chi connectivity index (χ0) is 14.8. The summed E-state index contributed by atoms with van der Waals surface area (Å²) in [6, 6.07) is 6.89. The van der Waals surface area contributed by atoms with Gasteiger partial charge in [-0.05, 0) is 30.5 Å². The lowest BCUT2D eigenvalue weighted by Crippen LogP contribution is -2.12. The molecule has 0 amide bonds. The Morgan fingerprint density at radius 3 is 2.30 bits per heavy atom. The molecule has 0 aliphatic carbocycles. The Labute approximate surface area is 117 Å². The van der Waals surface area contributed by atoms with Gasteiger partial charge in [0.1, 0.15) is 0 Å². The summed E-state index contributed by atoms with van der Waals surface area (Å²) in [6.07, 6.45) is 1.57. The van der Waals surface area contributed by atoms with Crippen molar-refractivity contribution >= 4 is 12.1 Å². The van der Waals surface area contributed by atoms with Crippen LogP contribution < -0.4 is 0 Å². The Kier molecular flexibility index (Phi) is 7.13. The molecule has 6 nitrogen and oxygen atoms in total. The second kappa shape index (κ2) is 8.92. The molecule has 1 aromatic rings. The van der Waals surface area contributed by atoms with Crippen LogP contribution in [0.15, 0.2) is 24.3 Å². The van der Waals surface area contributed by atoms with Gasteiger partial charge in [0.2, 0.25) is 0 Å². The Morgan fingerprint density at radius 1 is 1.00 bits per heavy atom. The number of hydrogen-bond acceptors (Lipinski definition) is 6. The summed E-state index contributed by atoms with van der Waals surface area (Å²) in [5.41, 5.74) is 1.43. The van der Waals surface area contributed by atoms with E-state index in [2.05, 4.69) is 26.5 Å². The van der Waals surface area contributed by atoms with Crippen molar-refractivity contribution in [2.75, 3.05) is 6.61 Å². The lowest BCUT2D eigenvalue weighted by Gasteiger charge is -2.03. The summed E-state index contributed by atoms with van der Waals surface area (Å²) in [4.78, 5) is 30.8. The van der Waals surface area contributed by atoms with Gasteiger partial charge in [-0.1, -0.05) is 32.4 Å². The molecule has 0 unspecified atom stereocenters. The van der Waals surface area contributed by atoms with Crippen molar-refractivity contribution in [1.82, 2.24) is 0 Å². The predicted octanol–water partition coefficient (Wildman–Crippen LogP) is 3.21. The highest BCUT2D eigenvalue weighted by Crippen LogP contribution is 2.08. The van der Waals surface area contributed by atoms with Crippen LogP contribution >= 0.6 is 0 Å². The minimum atomic E-state index is -1.06. The Bertz CT molecular complexity index is 426. The lowest BCUT2D eigenvalue weighted by atomic mass is 10.1. The molecule has 0 bridgehead atoms. The lowest BCUT2D eigenvalue weighted by molar-refractivity contribution is -0.452. The summed E-state index contributed by atoms with van der Waals surface area (Å²) in [5.74, 6) is -0.753. The van der Waals surface area contributed by atoms with Gasteiger partial charge in [0.25, 0.3) is 0 Å². The third-order valence-electron chi connectivity index (χ3n) is 2.36. The molecule has 0 fully saturated rings. The highest BCUT2D eigenvalue weighted by Gasteiger charge is 2.11. The normalized spacial score (nSPS) is 9.90. The van der Waals surface area contributed by atoms with Crippen LogP contribution in [-0.4, -0.2) is 18.7 Å². The second-order valence-corrected chi connectivity index (χ2v) is 4.07. The van der Waals surface area contributed by atoms with Crippen LogP contribution in [0.4, 0.5) is 4.79 Å². The van der Waals surface area contributed by atoms with Crippen LogP contribution in [0.5, 0.6) is 0 Å². The molecular weight excluding hydrogens is 264 g/mol. The van der Waals surface area contributed by atoms with Crippen LogP contribution in [0.3, 0.4) is 0 Å². The van der Waals surface area contributed by atoms with Crippen LogP contribution in [-0.2, 0) is 26.0 Å². The molecule has 20 heavy (non-hydrogen) atoms. The van der Waals surface area contributed by atoms with Gasteiger partial charge in [0.15, 0.2) is 0 Å². The molecule has 1 rings (SSSR count). The quantitative estimate of drug-likeness (QED) is 0.434. The average Bonchev–Trinajstić information content (AvgIpc) is 2.46. The average molecular weight is 282 g/mol. The molecular formula is C14H18O6. The van der Waals surface area contributed by atoms with E-state index in [0.29, 0.717) is 12.0 Å². The van der Waals surface area contributed by atoms with Gasteiger partial charge in [0.05, 0.1) is 17.2 Å². The number of aryl methyl sites for hydroxylation is 1. The van der Waals surface area contributed by atoms with Crippen molar-refractivity contribution in [3.8, 4) is 0 Å². The zero-order valence-electron chi connectivity index (χ0n) is 11.6. The first kappa shape index (κ1) is 16.0. The minimum absolute atomic E-state index is 0.203. The van der Waals surface area contributed by atoms with E-state index in [9.17, 15) is 9.59 Å². The van der Waals surface area contributed by atoms with E-state index >= 15 is 0 Å². The van der Waals surface area contributed by atoms with Gasteiger partial charge in [-0.3, -0.25) is 4.89 Å². The van der Waals surface area contributed by atoms with Crippen molar-refractivity contribution in [3.05, 3.63) is 35.4 Å². The molecule has 0 saturated heterocycles. The van der Waals surface area contributed by atoms with Crippen molar-refractivity contribution in [3.63, 3.8) is 0 Å². The third-order valence-corrected chi connectivity index (χ3v) is 2.36. The molecule has 6 heteroatoms. The second-order valence-electron chi connectivity index (χ2n) is 4.07. The summed E-state index contributed by atoms with van der Waals surface area (Å²) >= 11 is 0. The van der Waals surface area contributed by atoms with Crippen LogP contribution in [0, 0.1) is 0 Å². The number of carbonyl (C=O) groups is 2. The number of ether oxygens (including phenoxy) is 1. The topological polar surface area (TPSA) is 71.1 Å². The molecule has 0 spiro atoms. The monoisotopic (exact) mass is 282 g/mol. The maximum Gasteiger partial charge on any atom is 0.543 e. The number of benzene rings is 1. The van der Waals surface area contributed by atoms with E-state index in [1.807, 2.05) is 19.1 Å². The van der Waals surface area contributed by atoms with Gasteiger partial charge in [-0.15, -0.1) is 0 Å². The fourth-order valence-corrected chi connectivity index (χ4v) is 1.43. The molecule has 110 valence electrons. The van der Waals surface area contributed by atoms with Gasteiger partial charge < -0.3 is 4.74 Å². The Balaban J connectivity index is 2.33. The van der Waals surface area contributed by atoms with Crippen LogP contribution in [0.25, 0.3) is 0 Å². The van der Waals surface area contributed by atoms with E-state index in [4.69, 9.17) is 0 Å². The zero-order valence-corrected chi connectivity index (χ0v) is 11.6. The molecule has 0 heterocycles. The Hall–Kier alpha value is -2.08. The molecule has 0 radical (unpaired) electrons. The Morgan fingerprint density at radius 2 is 1.70 bits per heavy atom. The summed E-state index contributed by atoms with van der Waals surface area (Å²) < 4.78 is 4.54. The first-order chi connectivity index (χ1) is 9.67. The number of rotatable bonds is 7. The summed E-state index contributed by atoms with van der Waals surface area (Å²) in [7, 11) is 0. The number of carbonyl (C=O) groups excluding carboxylic acids is 2.